The molecule has 14 heteroatoms. The predicted octanol–water partition coefficient (Wildman–Crippen LogP) is 1.13. The van der Waals surface area contributed by atoms with Gasteiger partial charge in [0.1, 0.15) is 0 Å². The van der Waals surface area contributed by atoms with E-state index in [1.54, 1.807) is 0 Å². The van der Waals surface area contributed by atoms with Crippen molar-refractivity contribution in [2.75, 3.05) is 0 Å². The molecule has 0 rings (SSSR count). The average molecular weight is 309 g/mol. The number of rotatable bonds is 5. The van der Waals surface area contributed by atoms with E-state index in [0.29, 0.717) is 4.58 Å². The zero-order valence-corrected chi connectivity index (χ0v) is 8.74. The summed E-state index contributed by atoms with van der Waals surface area (Å²) in [6.45, 7) is 0. The van der Waals surface area contributed by atoms with Gasteiger partial charge in [0, 0.05) is 0 Å². The maximum atomic E-state index is 12.5. The first kappa shape index (κ1) is 16.2. The zero-order valence-electron chi connectivity index (χ0n) is 7.11. The van der Waals surface area contributed by atoms with Gasteiger partial charge in [0.05, 0.1) is 4.58 Å². The van der Waals surface area contributed by atoms with E-state index < -0.39 is 37.5 Å². The molecule has 0 spiro atoms. The molecular formula is C3HF6NO5S2. The Kier molecular flexibility index (Phi) is 3.98. The molecule has 0 aliphatic carbocycles. The molecule has 0 bridgehead atoms. The summed E-state index contributed by atoms with van der Waals surface area (Å²) in [5, 5.41) is -12.9. The lowest BCUT2D eigenvalue weighted by atomic mass is 10.3. The number of hydrogen-bond donors (Lipinski definition) is 1. The van der Waals surface area contributed by atoms with Crippen molar-refractivity contribution in [1.82, 2.24) is 0 Å². The molecule has 0 aromatic heterocycles. The fraction of sp³-hybridized carbons (Fsp3) is 1.00. The molecule has 0 radical (unpaired) electrons. The van der Waals surface area contributed by atoms with Gasteiger partial charge in [-0.25, -0.2) is 4.21 Å². The fourth-order valence-electron chi connectivity index (χ4n) is 0.488. The van der Waals surface area contributed by atoms with Crippen LogP contribution in [0, 0.1) is 4.91 Å². The largest absolute Gasteiger partial charge is 0.437 e. The minimum atomic E-state index is -6.81. The fourth-order valence-corrected chi connectivity index (χ4v) is 1.45. The molecule has 0 saturated heterocycles. The number of nitrogens with zero attached hydrogens (tertiary/aromatic N) is 1. The number of halogens is 6. The van der Waals surface area contributed by atoms with Gasteiger partial charge in [-0.3, -0.25) is 0 Å². The second-order valence-corrected chi connectivity index (χ2v) is 5.03. The number of hydrogen-bond acceptors (Lipinski definition) is 4. The predicted molar refractivity (Wildman–Crippen MR) is 40.3 cm³/mol. The van der Waals surface area contributed by atoms with Crippen LogP contribution in [0.4, 0.5) is 26.3 Å². The molecule has 1 unspecified atom stereocenters. The number of sulfonamides is 1. The SMILES string of the molecule is O=NS(=O)(=O)C(F)(F)C(F)(F)C(F)(F)S(=O)O. The quantitative estimate of drug-likeness (QED) is 0.466. The van der Waals surface area contributed by atoms with E-state index in [4.69, 9.17) is 4.55 Å². The van der Waals surface area contributed by atoms with Crippen LogP contribution in [-0.2, 0) is 21.1 Å². The normalized spacial score (nSPS) is 16.6. The molecular weight excluding hydrogens is 308 g/mol. The molecule has 0 saturated carbocycles. The Morgan fingerprint density at radius 1 is 1.06 bits per heavy atom. The van der Waals surface area contributed by atoms with Crippen molar-refractivity contribution in [2.24, 2.45) is 4.58 Å². The summed E-state index contributed by atoms with van der Waals surface area (Å²) in [4.78, 5) is 9.38. The van der Waals surface area contributed by atoms with Gasteiger partial charge in [0.15, 0.2) is 0 Å². The minimum Gasteiger partial charge on any atom is -0.301 e. The molecule has 0 amide bonds. The Labute approximate surface area is 91.3 Å². The smallest absolute Gasteiger partial charge is 0.301 e. The van der Waals surface area contributed by atoms with Crippen LogP contribution in [0.15, 0.2) is 4.58 Å². The first-order chi connectivity index (χ1) is 7.25. The van der Waals surface area contributed by atoms with Crippen molar-refractivity contribution in [3.8, 4) is 0 Å². The Balaban J connectivity index is 5.95. The maximum absolute atomic E-state index is 12.5. The topological polar surface area (TPSA) is 101 Å². The van der Waals surface area contributed by atoms with Crippen molar-refractivity contribution in [1.29, 1.82) is 0 Å². The van der Waals surface area contributed by atoms with Gasteiger partial charge >= 0.3 is 26.5 Å². The van der Waals surface area contributed by atoms with Crippen LogP contribution >= 0.6 is 0 Å². The van der Waals surface area contributed by atoms with Gasteiger partial charge in [0.2, 0.25) is 11.1 Å². The molecule has 0 fully saturated rings. The first-order valence-corrected chi connectivity index (χ1v) is 5.64. The van der Waals surface area contributed by atoms with Gasteiger partial charge in [-0.1, -0.05) is 0 Å². The first-order valence-electron chi connectivity index (χ1n) is 3.09. The molecule has 1 N–H and O–H groups in total. The third-order valence-corrected chi connectivity index (χ3v) is 3.17. The minimum absolute atomic E-state index is 0.610. The van der Waals surface area contributed by atoms with Crippen LogP contribution in [0.5, 0.6) is 0 Å². The molecule has 17 heavy (non-hydrogen) atoms. The van der Waals surface area contributed by atoms with E-state index in [9.17, 15) is 43.9 Å². The summed E-state index contributed by atoms with van der Waals surface area (Å²) >= 11 is -4.80. The lowest BCUT2D eigenvalue weighted by Crippen LogP contribution is -2.58. The highest BCUT2D eigenvalue weighted by Gasteiger charge is 2.80. The molecule has 102 valence electrons. The van der Waals surface area contributed by atoms with Gasteiger partial charge < -0.3 is 4.55 Å². The summed E-state index contributed by atoms with van der Waals surface area (Å²) < 4.78 is 113. The number of nitroso groups, excluding NO2 is 1. The van der Waals surface area contributed by atoms with E-state index >= 15 is 0 Å². The van der Waals surface area contributed by atoms with E-state index in [2.05, 4.69) is 0 Å². The lowest BCUT2D eigenvalue weighted by molar-refractivity contribution is -0.243. The van der Waals surface area contributed by atoms with Crippen molar-refractivity contribution in [3.63, 3.8) is 0 Å². The van der Waals surface area contributed by atoms with E-state index in [0.717, 1.165) is 0 Å². The Hall–Kier alpha value is -0.760. The Bertz CT molecular complexity index is 445. The standard InChI is InChI=1S/C3HF6NO5S2/c4-1(5,2(6,7)16(12)13)3(8,9)17(14,15)10-11/h(H,12,13). The molecule has 0 aliphatic rings. The van der Waals surface area contributed by atoms with Crippen LogP contribution in [0.3, 0.4) is 0 Å². The van der Waals surface area contributed by atoms with Crippen LogP contribution in [-0.4, -0.2) is 33.6 Å². The Morgan fingerprint density at radius 3 is 1.65 bits per heavy atom. The molecule has 0 heterocycles. The zero-order chi connectivity index (χ0) is 14.3. The molecule has 0 aromatic carbocycles. The van der Waals surface area contributed by atoms with Gasteiger partial charge in [-0.15, -0.1) is 4.91 Å². The van der Waals surface area contributed by atoms with Gasteiger partial charge in [-0.05, 0) is 0 Å². The van der Waals surface area contributed by atoms with E-state index in [1.807, 2.05) is 0 Å². The van der Waals surface area contributed by atoms with Crippen molar-refractivity contribution < 1.29 is 43.5 Å². The van der Waals surface area contributed by atoms with Crippen LogP contribution in [0.25, 0.3) is 0 Å². The summed E-state index contributed by atoms with van der Waals surface area (Å²) in [6.07, 6.45) is 0. The maximum Gasteiger partial charge on any atom is 0.437 e. The van der Waals surface area contributed by atoms with E-state index in [-0.39, 0.29) is 0 Å². The van der Waals surface area contributed by atoms with Crippen LogP contribution in [0.1, 0.15) is 0 Å². The highest BCUT2D eigenvalue weighted by molar-refractivity contribution is 7.91. The monoisotopic (exact) mass is 309 g/mol. The molecule has 6 nitrogen and oxygen atoms in total. The second kappa shape index (κ2) is 4.16. The Morgan fingerprint density at radius 2 is 1.41 bits per heavy atom. The summed E-state index contributed by atoms with van der Waals surface area (Å²) in [5.74, 6) is -6.80. The highest BCUT2D eigenvalue weighted by atomic mass is 32.2. The summed E-state index contributed by atoms with van der Waals surface area (Å²) in [6, 6.07) is 0. The average Bonchev–Trinajstić information content (AvgIpc) is 2.16. The second-order valence-electron chi connectivity index (χ2n) is 2.41. The third-order valence-electron chi connectivity index (χ3n) is 1.37. The number of alkyl halides is 6. The molecule has 1 atom stereocenters. The molecule has 0 aromatic rings. The van der Waals surface area contributed by atoms with Crippen molar-refractivity contribution in [2.45, 2.75) is 16.4 Å². The third kappa shape index (κ3) is 2.15. The summed E-state index contributed by atoms with van der Waals surface area (Å²) in [5.41, 5.74) is 0. The molecule has 0 aliphatic heterocycles. The highest BCUT2D eigenvalue weighted by Crippen LogP contribution is 2.49. The van der Waals surface area contributed by atoms with Gasteiger partial charge in [-0.2, -0.15) is 34.8 Å². The van der Waals surface area contributed by atoms with E-state index in [1.165, 1.54) is 0 Å². The van der Waals surface area contributed by atoms with Crippen LogP contribution < -0.4 is 0 Å². The van der Waals surface area contributed by atoms with Crippen molar-refractivity contribution in [3.05, 3.63) is 4.91 Å². The van der Waals surface area contributed by atoms with Gasteiger partial charge in [0.25, 0.3) is 0 Å². The van der Waals surface area contributed by atoms with Crippen LogP contribution in [0.2, 0.25) is 0 Å². The lowest BCUT2D eigenvalue weighted by Gasteiger charge is -2.27. The summed E-state index contributed by atoms with van der Waals surface area (Å²) in [7, 11) is -6.81. The van der Waals surface area contributed by atoms with Crippen molar-refractivity contribution >= 4 is 21.1 Å².